The van der Waals surface area contributed by atoms with E-state index in [0.717, 1.165) is 16.8 Å². The van der Waals surface area contributed by atoms with Crippen LogP contribution in [0.15, 0.2) is 24.3 Å². The van der Waals surface area contributed by atoms with Crippen LogP contribution in [0.2, 0.25) is 5.02 Å². The van der Waals surface area contributed by atoms with Crippen molar-refractivity contribution in [2.45, 2.75) is 32.8 Å². The van der Waals surface area contributed by atoms with Crippen LogP contribution in [0.25, 0.3) is 17.0 Å². The molecule has 2 N–H and O–H groups in total. The Hall–Kier alpha value is -2.54. The Balaban J connectivity index is 1.83. The number of hydrogen-bond donors (Lipinski definition) is 2. The number of alkyl carbamates (subject to hydrolysis) is 1. The van der Waals surface area contributed by atoms with Crippen molar-refractivity contribution in [1.82, 2.24) is 25.1 Å². The van der Waals surface area contributed by atoms with E-state index in [0.29, 0.717) is 16.5 Å². The average molecular weight is 362 g/mol. The van der Waals surface area contributed by atoms with Gasteiger partial charge in [-0.2, -0.15) is 4.63 Å². The van der Waals surface area contributed by atoms with Gasteiger partial charge in [-0.25, -0.2) is 9.78 Å². The Bertz CT molecular complexity index is 906. The van der Waals surface area contributed by atoms with E-state index >= 15 is 0 Å². The number of hydrogen-bond acceptors (Lipinski definition) is 4. The lowest BCUT2D eigenvalue weighted by Crippen LogP contribution is -2.18. The minimum Gasteiger partial charge on any atom is -0.445 e. The summed E-state index contributed by atoms with van der Waals surface area (Å²) in [7, 11) is 1.52. The minimum absolute atomic E-state index is 0.119. The summed E-state index contributed by atoms with van der Waals surface area (Å²) in [6, 6.07) is 7.51. The Morgan fingerprint density at radius 1 is 1.32 bits per heavy atom. The summed E-state index contributed by atoms with van der Waals surface area (Å²) >= 11 is 6.44. The number of carbonyl (C=O) groups excluding carboxylic acids is 1. The van der Waals surface area contributed by atoms with Crippen LogP contribution in [0, 0.1) is 0 Å². The summed E-state index contributed by atoms with van der Waals surface area (Å²) in [5.41, 5.74) is 3.12. The number of amides is 1. The van der Waals surface area contributed by atoms with Gasteiger partial charge in [0.05, 0.1) is 5.69 Å². The number of rotatable bonds is 3. The molecular weight excluding hydrogens is 342 g/mol. The first-order valence-electron chi connectivity index (χ1n) is 7.88. The monoisotopic (exact) mass is 361 g/mol. The molecule has 0 aliphatic rings. The van der Waals surface area contributed by atoms with Gasteiger partial charge < -0.3 is 10.1 Å². The molecule has 0 bridgehead atoms. The molecule has 8 heteroatoms. The molecule has 0 saturated heterocycles. The summed E-state index contributed by atoms with van der Waals surface area (Å²) in [5, 5.41) is 10.6. The number of benzene rings is 1. The van der Waals surface area contributed by atoms with Gasteiger partial charge in [-0.3, -0.25) is 5.10 Å². The molecule has 25 heavy (non-hydrogen) atoms. The lowest BCUT2D eigenvalue weighted by Gasteiger charge is -2.16. The maximum Gasteiger partial charge on any atom is 0.407 e. The van der Waals surface area contributed by atoms with Crippen molar-refractivity contribution in [2.75, 3.05) is 7.05 Å². The van der Waals surface area contributed by atoms with Crippen molar-refractivity contribution in [1.29, 1.82) is 0 Å². The Morgan fingerprint density at radius 2 is 2.00 bits per heavy atom. The van der Waals surface area contributed by atoms with Gasteiger partial charge in [0.25, 0.3) is 0 Å². The second kappa shape index (κ2) is 6.40. The van der Waals surface area contributed by atoms with E-state index in [1.165, 1.54) is 7.05 Å². The quantitative estimate of drug-likeness (QED) is 0.747. The van der Waals surface area contributed by atoms with Crippen LogP contribution in [0.3, 0.4) is 0 Å². The minimum atomic E-state index is -0.460. The van der Waals surface area contributed by atoms with Crippen LogP contribution in [0.4, 0.5) is 4.79 Å². The lowest BCUT2D eigenvalue weighted by atomic mass is 9.92. The van der Waals surface area contributed by atoms with Gasteiger partial charge >= 0.3 is 6.09 Å². The fraction of sp³-hybridized carbons (Fsp3) is 0.353. The second-order valence-electron chi connectivity index (χ2n) is 6.74. The predicted octanol–water partition coefficient (Wildman–Crippen LogP) is 3.53. The molecule has 3 aromatic rings. The Kier molecular flexibility index (Phi) is 4.43. The fourth-order valence-corrected chi connectivity index (χ4v) is 2.84. The molecule has 0 aliphatic heterocycles. The fourth-order valence-electron chi connectivity index (χ4n) is 2.39. The molecule has 0 saturated carbocycles. The number of H-pyrrole nitrogens is 1. The molecule has 0 spiro atoms. The van der Waals surface area contributed by atoms with E-state index in [9.17, 15) is 4.79 Å². The average Bonchev–Trinajstić information content (AvgIpc) is 3.12. The molecule has 3 rings (SSSR count). The highest BCUT2D eigenvalue weighted by molar-refractivity contribution is 6.34. The topological polar surface area (TPSA) is 84.3 Å². The van der Waals surface area contributed by atoms with Crippen LogP contribution < -0.4 is 5.32 Å². The number of halogens is 1. The van der Waals surface area contributed by atoms with E-state index in [4.69, 9.17) is 16.3 Å². The van der Waals surface area contributed by atoms with Crippen LogP contribution in [0.1, 0.15) is 32.0 Å². The zero-order valence-electron chi connectivity index (χ0n) is 14.6. The summed E-state index contributed by atoms with van der Waals surface area (Å²) in [5.74, 6) is 0.576. The third-order valence-corrected chi connectivity index (χ3v) is 4.13. The van der Waals surface area contributed by atoms with Crippen molar-refractivity contribution < 1.29 is 9.53 Å². The SMILES string of the molecule is CNC(=O)OCc1ccc(-c2nc3c(Cl)c(C(C)(C)C)[nH]n3n2)cc1. The van der Waals surface area contributed by atoms with Crippen molar-refractivity contribution in [3.63, 3.8) is 0 Å². The van der Waals surface area contributed by atoms with E-state index < -0.39 is 6.09 Å². The maximum atomic E-state index is 11.1. The van der Waals surface area contributed by atoms with Gasteiger partial charge in [0.2, 0.25) is 0 Å². The van der Waals surface area contributed by atoms with Crippen molar-refractivity contribution >= 4 is 23.3 Å². The van der Waals surface area contributed by atoms with E-state index in [1.54, 1.807) is 4.63 Å². The number of carbonyl (C=O) groups is 1. The number of ether oxygens (including phenoxy) is 1. The highest BCUT2D eigenvalue weighted by Gasteiger charge is 2.24. The van der Waals surface area contributed by atoms with E-state index in [1.807, 2.05) is 24.3 Å². The normalized spacial score (nSPS) is 11.7. The molecule has 2 heterocycles. The molecule has 1 aromatic carbocycles. The van der Waals surface area contributed by atoms with Gasteiger partial charge in [-0.1, -0.05) is 56.6 Å². The molecule has 0 unspecified atom stereocenters. The third kappa shape index (κ3) is 3.46. The lowest BCUT2D eigenvalue weighted by molar-refractivity contribution is 0.142. The molecule has 0 aliphatic carbocycles. The number of nitrogens with zero attached hydrogens (tertiary/aromatic N) is 3. The molecule has 1 amide bonds. The number of aromatic amines is 1. The Morgan fingerprint density at radius 3 is 2.56 bits per heavy atom. The third-order valence-electron chi connectivity index (χ3n) is 3.78. The van der Waals surface area contributed by atoms with Gasteiger partial charge in [0, 0.05) is 18.0 Å². The van der Waals surface area contributed by atoms with Gasteiger partial charge in [0.15, 0.2) is 11.5 Å². The largest absolute Gasteiger partial charge is 0.445 e. The van der Waals surface area contributed by atoms with Crippen LogP contribution in [-0.2, 0) is 16.8 Å². The summed E-state index contributed by atoms with van der Waals surface area (Å²) in [6.07, 6.45) is -0.460. The molecule has 0 atom stereocenters. The molecule has 132 valence electrons. The number of fused-ring (bicyclic) bond motifs is 1. The highest BCUT2D eigenvalue weighted by atomic mass is 35.5. The molecule has 0 radical (unpaired) electrons. The standard InChI is InChI=1S/C17H20ClN5O2/c1-17(2,3)13-12(18)15-20-14(22-23(15)21-13)11-7-5-10(6-8-11)9-25-16(24)19-4/h5-8,21H,9H2,1-4H3,(H,19,24). The first-order valence-corrected chi connectivity index (χ1v) is 8.26. The zero-order valence-corrected chi connectivity index (χ0v) is 15.3. The van der Waals surface area contributed by atoms with Crippen molar-refractivity contribution in [3.05, 3.63) is 40.5 Å². The molecular formula is C17H20ClN5O2. The van der Waals surface area contributed by atoms with Crippen LogP contribution in [-0.4, -0.2) is 33.0 Å². The van der Waals surface area contributed by atoms with Gasteiger partial charge in [0.1, 0.15) is 11.6 Å². The zero-order chi connectivity index (χ0) is 18.2. The Labute approximate surface area is 150 Å². The second-order valence-corrected chi connectivity index (χ2v) is 7.12. The van der Waals surface area contributed by atoms with Crippen LogP contribution >= 0.6 is 11.6 Å². The van der Waals surface area contributed by atoms with Crippen molar-refractivity contribution in [3.8, 4) is 11.4 Å². The molecule has 7 nitrogen and oxygen atoms in total. The first-order chi connectivity index (χ1) is 11.8. The summed E-state index contributed by atoms with van der Waals surface area (Å²) in [6.45, 7) is 6.43. The maximum absolute atomic E-state index is 11.1. The smallest absolute Gasteiger partial charge is 0.407 e. The van der Waals surface area contributed by atoms with Gasteiger partial charge in [-0.05, 0) is 5.56 Å². The first kappa shape index (κ1) is 17.3. The number of aromatic nitrogens is 4. The van der Waals surface area contributed by atoms with Crippen molar-refractivity contribution in [2.24, 2.45) is 0 Å². The van der Waals surface area contributed by atoms with Crippen LogP contribution in [0.5, 0.6) is 0 Å². The summed E-state index contributed by atoms with van der Waals surface area (Å²) in [4.78, 5) is 15.6. The number of nitrogens with one attached hydrogen (secondary N) is 2. The predicted molar refractivity (Wildman–Crippen MR) is 95.7 cm³/mol. The summed E-state index contributed by atoms with van der Waals surface area (Å²) < 4.78 is 6.61. The van der Waals surface area contributed by atoms with E-state index in [-0.39, 0.29) is 12.0 Å². The van der Waals surface area contributed by atoms with Gasteiger partial charge in [-0.15, -0.1) is 5.10 Å². The molecule has 0 fully saturated rings. The highest BCUT2D eigenvalue weighted by Crippen LogP contribution is 2.31. The van der Waals surface area contributed by atoms with E-state index in [2.05, 4.69) is 41.3 Å². The molecule has 2 aromatic heterocycles.